The summed E-state index contributed by atoms with van der Waals surface area (Å²) in [6.07, 6.45) is 3.48. The maximum atomic E-state index is 8.61. The summed E-state index contributed by atoms with van der Waals surface area (Å²) in [7, 11) is 0. The van der Waals surface area contributed by atoms with Gasteiger partial charge in [-0.25, -0.2) is 9.97 Å². The molecule has 0 bridgehead atoms. The Kier molecular flexibility index (Phi) is 2.06. The fraction of sp³-hybridized carbons (Fsp3) is 0.444. The SMILES string of the molecule is N#Cc1cc(NCC2(N)CC2)ncn1. The van der Waals surface area contributed by atoms with Crippen molar-refractivity contribution in [1.29, 1.82) is 5.26 Å². The standard InChI is InChI=1S/C9H11N5/c10-4-7-3-8(14-6-13-7)12-5-9(11)1-2-9/h3,6H,1-2,5,11H2,(H,12,13,14). The monoisotopic (exact) mass is 189 g/mol. The highest BCUT2D eigenvalue weighted by Crippen LogP contribution is 2.31. The maximum absolute atomic E-state index is 8.61. The van der Waals surface area contributed by atoms with Gasteiger partial charge in [-0.1, -0.05) is 0 Å². The summed E-state index contributed by atoms with van der Waals surface area (Å²) in [5.41, 5.74) is 6.20. The molecule has 1 heterocycles. The van der Waals surface area contributed by atoms with Crippen LogP contribution in [0.25, 0.3) is 0 Å². The molecule has 1 aliphatic carbocycles. The number of nitriles is 1. The average Bonchev–Trinajstić information content (AvgIpc) is 2.95. The minimum atomic E-state index is -0.0578. The van der Waals surface area contributed by atoms with E-state index in [0.717, 1.165) is 12.8 Å². The molecule has 1 saturated carbocycles. The molecule has 0 aliphatic heterocycles. The first-order chi connectivity index (χ1) is 6.72. The number of aromatic nitrogens is 2. The lowest BCUT2D eigenvalue weighted by Crippen LogP contribution is -2.31. The van der Waals surface area contributed by atoms with Crippen molar-refractivity contribution in [3.8, 4) is 6.07 Å². The molecule has 0 radical (unpaired) electrons. The van der Waals surface area contributed by atoms with Crippen molar-refractivity contribution in [2.45, 2.75) is 18.4 Å². The summed E-state index contributed by atoms with van der Waals surface area (Å²) in [4.78, 5) is 7.76. The van der Waals surface area contributed by atoms with E-state index in [0.29, 0.717) is 18.1 Å². The quantitative estimate of drug-likeness (QED) is 0.711. The van der Waals surface area contributed by atoms with Crippen LogP contribution in [0.2, 0.25) is 0 Å². The number of nitrogens with one attached hydrogen (secondary N) is 1. The van der Waals surface area contributed by atoms with E-state index in [2.05, 4.69) is 15.3 Å². The number of rotatable bonds is 3. The average molecular weight is 189 g/mol. The number of anilines is 1. The zero-order valence-electron chi connectivity index (χ0n) is 7.70. The third-order valence-corrected chi connectivity index (χ3v) is 2.30. The highest BCUT2D eigenvalue weighted by Gasteiger charge is 2.37. The van der Waals surface area contributed by atoms with Crippen molar-refractivity contribution < 1.29 is 0 Å². The molecule has 2 rings (SSSR count). The van der Waals surface area contributed by atoms with E-state index < -0.39 is 0 Å². The second-order valence-electron chi connectivity index (χ2n) is 3.62. The number of nitrogens with two attached hydrogens (primary N) is 1. The van der Waals surface area contributed by atoms with Gasteiger partial charge in [0.05, 0.1) is 0 Å². The maximum Gasteiger partial charge on any atom is 0.145 e. The Morgan fingerprint density at radius 3 is 3.00 bits per heavy atom. The molecular weight excluding hydrogens is 178 g/mol. The van der Waals surface area contributed by atoms with Gasteiger partial charge in [0.15, 0.2) is 0 Å². The van der Waals surface area contributed by atoms with Gasteiger partial charge >= 0.3 is 0 Å². The Balaban J connectivity index is 1.99. The van der Waals surface area contributed by atoms with Crippen LogP contribution in [0.1, 0.15) is 18.5 Å². The number of hydrogen-bond acceptors (Lipinski definition) is 5. The summed E-state index contributed by atoms with van der Waals surface area (Å²) >= 11 is 0. The molecule has 0 amide bonds. The van der Waals surface area contributed by atoms with Crippen LogP contribution in [-0.2, 0) is 0 Å². The molecule has 5 heteroatoms. The van der Waals surface area contributed by atoms with Crippen LogP contribution in [0.5, 0.6) is 0 Å². The third kappa shape index (κ3) is 1.98. The topological polar surface area (TPSA) is 87.6 Å². The van der Waals surface area contributed by atoms with Crippen molar-refractivity contribution in [2.75, 3.05) is 11.9 Å². The van der Waals surface area contributed by atoms with Crippen LogP contribution in [0.15, 0.2) is 12.4 Å². The van der Waals surface area contributed by atoms with E-state index in [-0.39, 0.29) is 5.54 Å². The Labute approximate surface area is 82.0 Å². The summed E-state index contributed by atoms with van der Waals surface area (Å²) < 4.78 is 0. The molecule has 72 valence electrons. The van der Waals surface area contributed by atoms with Crippen molar-refractivity contribution in [2.24, 2.45) is 5.73 Å². The summed E-state index contributed by atoms with van der Waals surface area (Å²) in [6.45, 7) is 0.703. The van der Waals surface area contributed by atoms with Crippen molar-refractivity contribution in [3.05, 3.63) is 18.1 Å². The molecule has 1 aromatic heterocycles. The minimum Gasteiger partial charge on any atom is -0.368 e. The first-order valence-corrected chi connectivity index (χ1v) is 4.47. The van der Waals surface area contributed by atoms with Gasteiger partial charge in [-0.3, -0.25) is 0 Å². The first kappa shape index (κ1) is 8.91. The Morgan fingerprint density at radius 2 is 2.36 bits per heavy atom. The van der Waals surface area contributed by atoms with Crippen LogP contribution in [-0.4, -0.2) is 22.1 Å². The van der Waals surface area contributed by atoms with Crippen LogP contribution in [0.3, 0.4) is 0 Å². The van der Waals surface area contributed by atoms with Crippen LogP contribution < -0.4 is 11.1 Å². The van der Waals surface area contributed by atoms with Crippen molar-refractivity contribution in [3.63, 3.8) is 0 Å². The summed E-state index contributed by atoms with van der Waals surface area (Å²) in [5, 5.41) is 11.7. The second-order valence-corrected chi connectivity index (χ2v) is 3.62. The minimum absolute atomic E-state index is 0.0578. The molecule has 1 fully saturated rings. The smallest absolute Gasteiger partial charge is 0.145 e. The number of hydrogen-bond donors (Lipinski definition) is 2. The fourth-order valence-electron chi connectivity index (χ4n) is 1.12. The van der Waals surface area contributed by atoms with Gasteiger partial charge in [-0.15, -0.1) is 0 Å². The van der Waals surface area contributed by atoms with E-state index in [1.807, 2.05) is 6.07 Å². The molecule has 14 heavy (non-hydrogen) atoms. The predicted molar refractivity (Wildman–Crippen MR) is 51.4 cm³/mol. The zero-order chi connectivity index (χ0) is 10.0. The van der Waals surface area contributed by atoms with E-state index in [4.69, 9.17) is 11.0 Å². The van der Waals surface area contributed by atoms with Crippen LogP contribution in [0.4, 0.5) is 5.82 Å². The van der Waals surface area contributed by atoms with Gasteiger partial charge in [0.2, 0.25) is 0 Å². The molecule has 0 atom stereocenters. The van der Waals surface area contributed by atoms with Crippen molar-refractivity contribution >= 4 is 5.82 Å². The predicted octanol–water partition coefficient (Wildman–Crippen LogP) is 0.251. The first-order valence-electron chi connectivity index (χ1n) is 4.47. The molecule has 0 aromatic carbocycles. The highest BCUT2D eigenvalue weighted by atomic mass is 15.0. The summed E-state index contributed by atoms with van der Waals surface area (Å²) in [6, 6.07) is 3.57. The Morgan fingerprint density at radius 1 is 1.57 bits per heavy atom. The van der Waals surface area contributed by atoms with Crippen molar-refractivity contribution in [1.82, 2.24) is 9.97 Å². The van der Waals surface area contributed by atoms with Gasteiger partial charge in [0.25, 0.3) is 0 Å². The lowest BCUT2D eigenvalue weighted by molar-refractivity contribution is 0.711. The second kappa shape index (κ2) is 3.24. The molecule has 3 N–H and O–H groups in total. The molecule has 1 aliphatic rings. The lowest BCUT2D eigenvalue weighted by atomic mass is 10.3. The van der Waals surface area contributed by atoms with Crippen LogP contribution >= 0.6 is 0 Å². The molecular formula is C9H11N5. The largest absolute Gasteiger partial charge is 0.368 e. The van der Waals surface area contributed by atoms with Gasteiger partial charge < -0.3 is 11.1 Å². The van der Waals surface area contributed by atoms with E-state index in [9.17, 15) is 0 Å². The van der Waals surface area contributed by atoms with Gasteiger partial charge in [-0.2, -0.15) is 5.26 Å². The molecule has 5 nitrogen and oxygen atoms in total. The summed E-state index contributed by atoms with van der Waals surface area (Å²) in [5.74, 6) is 0.660. The lowest BCUT2D eigenvalue weighted by Gasteiger charge is -2.10. The van der Waals surface area contributed by atoms with Gasteiger partial charge in [0.1, 0.15) is 23.9 Å². The normalized spacial score (nSPS) is 17.1. The van der Waals surface area contributed by atoms with E-state index in [1.165, 1.54) is 6.33 Å². The zero-order valence-corrected chi connectivity index (χ0v) is 7.70. The third-order valence-electron chi connectivity index (χ3n) is 2.30. The Hall–Kier alpha value is -1.67. The van der Waals surface area contributed by atoms with Gasteiger partial charge in [0, 0.05) is 18.2 Å². The molecule has 1 aromatic rings. The van der Waals surface area contributed by atoms with Gasteiger partial charge in [-0.05, 0) is 12.8 Å². The van der Waals surface area contributed by atoms with E-state index >= 15 is 0 Å². The molecule has 0 spiro atoms. The van der Waals surface area contributed by atoms with Crippen LogP contribution in [0, 0.1) is 11.3 Å². The molecule has 0 unspecified atom stereocenters. The Bertz CT molecular complexity index is 377. The fourth-order valence-corrected chi connectivity index (χ4v) is 1.12. The number of nitrogens with zero attached hydrogens (tertiary/aromatic N) is 3. The molecule has 0 saturated heterocycles. The highest BCUT2D eigenvalue weighted by molar-refractivity contribution is 5.39. The van der Waals surface area contributed by atoms with E-state index in [1.54, 1.807) is 6.07 Å².